The van der Waals surface area contributed by atoms with E-state index in [1.165, 1.54) is 12.8 Å². The van der Waals surface area contributed by atoms with E-state index in [9.17, 15) is 0 Å². The second-order valence-corrected chi connectivity index (χ2v) is 4.82. The van der Waals surface area contributed by atoms with Crippen LogP contribution in [0.5, 0.6) is 0 Å². The van der Waals surface area contributed by atoms with E-state index < -0.39 is 0 Å². The van der Waals surface area contributed by atoms with Crippen molar-refractivity contribution in [3.05, 3.63) is 11.7 Å². The molecule has 0 saturated heterocycles. The zero-order chi connectivity index (χ0) is 11.6. The molecule has 1 unspecified atom stereocenters. The van der Waals surface area contributed by atoms with Crippen molar-refractivity contribution in [3.8, 4) is 0 Å². The molecule has 16 heavy (non-hydrogen) atoms. The third kappa shape index (κ3) is 3.02. The van der Waals surface area contributed by atoms with Crippen molar-refractivity contribution in [2.75, 3.05) is 6.61 Å². The van der Waals surface area contributed by atoms with Crippen LogP contribution in [0.25, 0.3) is 0 Å². The largest absolute Gasteiger partial charge is 0.371 e. The smallest absolute Gasteiger partial charge is 0.229 e. The van der Waals surface area contributed by atoms with Crippen LogP contribution in [-0.4, -0.2) is 22.3 Å². The summed E-state index contributed by atoms with van der Waals surface area (Å²) in [4.78, 5) is 4.27. The summed E-state index contributed by atoms with van der Waals surface area (Å²) in [5.41, 5.74) is 5.68. The number of ether oxygens (including phenoxy) is 1. The second kappa shape index (κ2) is 4.51. The Morgan fingerprint density at radius 2 is 2.31 bits per heavy atom. The lowest BCUT2D eigenvalue weighted by molar-refractivity contribution is 0.0724. The number of hydrogen-bond acceptors (Lipinski definition) is 5. The molecule has 1 aliphatic rings. The molecule has 0 spiro atoms. The second-order valence-electron chi connectivity index (χ2n) is 4.82. The Bertz CT molecular complexity index is 345. The van der Waals surface area contributed by atoms with Crippen molar-refractivity contribution in [1.29, 1.82) is 0 Å². The highest BCUT2D eigenvalue weighted by atomic mass is 16.5. The molecular weight excluding hydrogens is 206 g/mol. The van der Waals surface area contributed by atoms with Gasteiger partial charge < -0.3 is 15.0 Å². The van der Waals surface area contributed by atoms with E-state index in [1.807, 2.05) is 13.8 Å². The molecule has 1 atom stereocenters. The maximum Gasteiger partial charge on any atom is 0.229 e. The summed E-state index contributed by atoms with van der Waals surface area (Å²) in [6, 6.07) is 0. The number of hydrogen-bond donors (Lipinski definition) is 1. The quantitative estimate of drug-likeness (QED) is 0.795. The van der Waals surface area contributed by atoms with E-state index in [0.29, 0.717) is 25.0 Å². The van der Waals surface area contributed by atoms with Crippen LogP contribution in [0.1, 0.15) is 50.7 Å². The Morgan fingerprint density at radius 1 is 1.56 bits per heavy atom. The molecule has 0 amide bonds. The first-order valence-corrected chi connectivity index (χ1v) is 5.80. The van der Waals surface area contributed by atoms with Crippen molar-refractivity contribution >= 4 is 0 Å². The molecule has 1 heterocycles. The number of nitrogens with two attached hydrogens (primary N) is 1. The highest BCUT2D eigenvalue weighted by Crippen LogP contribution is 2.38. The fourth-order valence-corrected chi connectivity index (χ4v) is 1.30. The summed E-state index contributed by atoms with van der Waals surface area (Å²) < 4.78 is 10.6. The lowest BCUT2D eigenvalue weighted by Crippen LogP contribution is -2.40. The molecule has 1 aliphatic carbocycles. The third-order valence-electron chi connectivity index (χ3n) is 2.88. The van der Waals surface area contributed by atoms with Crippen LogP contribution < -0.4 is 5.73 Å². The van der Waals surface area contributed by atoms with E-state index >= 15 is 0 Å². The van der Waals surface area contributed by atoms with Gasteiger partial charge in [0.25, 0.3) is 0 Å². The van der Waals surface area contributed by atoms with Gasteiger partial charge in [0.05, 0.1) is 6.61 Å². The molecule has 0 aliphatic heterocycles. The standard InChI is InChI=1S/C11H19N3O2/c1-3-11(2,12)7-15-6-9-13-10(16-14-9)8-4-5-8/h8H,3-7,12H2,1-2H3. The first kappa shape index (κ1) is 11.5. The molecule has 1 fully saturated rings. The van der Waals surface area contributed by atoms with Crippen LogP contribution in [0.4, 0.5) is 0 Å². The Morgan fingerprint density at radius 3 is 2.94 bits per heavy atom. The Labute approximate surface area is 95.3 Å². The van der Waals surface area contributed by atoms with Gasteiger partial charge in [0.1, 0.15) is 6.61 Å². The highest BCUT2D eigenvalue weighted by molar-refractivity contribution is 5.01. The van der Waals surface area contributed by atoms with E-state index in [2.05, 4.69) is 10.1 Å². The molecule has 5 nitrogen and oxygen atoms in total. The zero-order valence-corrected chi connectivity index (χ0v) is 9.90. The normalized spacial score (nSPS) is 19.7. The molecule has 5 heteroatoms. The lowest BCUT2D eigenvalue weighted by Gasteiger charge is -2.21. The molecule has 90 valence electrons. The summed E-state index contributed by atoms with van der Waals surface area (Å²) in [6.07, 6.45) is 3.21. The third-order valence-corrected chi connectivity index (χ3v) is 2.88. The molecular formula is C11H19N3O2. The average Bonchev–Trinajstić information content (AvgIpc) is 3.00. The summed E-state index contributed by atoms with van der Waals surface area (Å²) in [5, 5.41) is 3.87. The Balaban J connectivity index is 1.76. The molecule has 1 saturated carbocycles. The van der Waals surface area contributed by atoms with E-state index in [-0.39, 0.29) is 5.54 Å². The molecule has 0 radical (unpaired) electrons. The predicted molar refractivity (Wildman–Crippen MR) is 58.8 cm³/mol. The molecule has 1 aromatic rings. The monoisotopic (exact) mass is 225 g/mol. The predicted octanol–water partition coefficient (Wildman–Crippen LogP) is 1.59. The van der Waals surface area contributed by atoms with Crippen molar-refractivity contribution in [3.63, 3.8) is 0 Å². The maximum absolute atomic E-state index is 5.95. The number of nitrogens with zero attached hydrogens (tertiary/aromatic N) is 2. The first-order chi connectivity index (χ1) is 7.61. The SMILES string of the molecule is CCC(C)(N)COCc1noc(C2CC2)n1. The molecule has 2 N–H and O–H groups in total. The summed E-state index contributed by atoms with van der Waals surface area (Å²) in [5.74, 6) is 1.87. The Kier molecular flexibility index (Phi) is 3.25. The van der Waals surface area contributed by atoms with Crippen molar-refractivity contribution in [1.82, 2.24) is 10.1 Å². The van der Waals surface area contributed by atoms with Gasteiger partial charge in [-0.25, -0.2) is 0 Å². The van der Waals surface area contributed by atoms with Crippen LogP contribution in [0.2, 0.25) is 0 Å². The fourth-order valence-electron chi connectivity index (χ4n) is 1.30. The summed E-state index contributed by atoms with van der Waals surface area (Å²) in [6.45, 7) is 4.90. The topological polar surface area (TPSA) is 74.2 Å². The molecule has 0 bridgehead atoms. The number of aromatic nitrogens is 2. The minimum absolute atomic E-state index is 0.275. The van der Waals surface area contributed by atoms with Crippen molar-refractivity contribution in [2.24, 2.45) is 5.73 Å². The molecule has 0 aromatic carbocycles. The van der Waals surface area contributed by atoms with Crippen LogP contribution >= 0.6 is 0 Å². The Hall–Kier alpha value is -0.940. The number of rotatable bonds is 6. The van der Waals surface area contributed by atoms with Gasteiger partial charge in [-0.1, -0.05) is 12.1 Å². The zero-order valence-electron chi connectivity index (χ0n) is 9.90. The first-order valence-electron chi connectivity index (χ1n) is 5.80. The van der Waals surface area contributed by atoms with Gasteiger partial charge in [0.2, 0.25) is 5.89 Å². The van der Waals surface area contributed by atoms with Crippen LogP contribution in [0.3, 0.4) is 0 Å². The lowest BCUT2D eigenvalue weighted by atomic mass is 10.0. The van der Waals surface area contributed by atoms with Crippen LogP contribution in [0.15, 0.2) is 4.52 Å². The highest BCUT2D eigenvalue weighted by Gasteiger charge is 2.29. The van der Waals surface area contributed by atoms with Gasteiger partial charge in [-0.15, -0.1) is 0 Å². The van der Waals surface area contributed by atoms with Gasteiger partial charge in [-0.3, -0.25) is 0 Å². The van der Waals surface area contributed by atoms with Gasteiger partial charge in [-0.2, -0.15) is 4.98 Å². The van der Waals surface area contributed by atoms with E-state index in [4.69, 9.17) is 15.0 Å². The van der Waals surface area contributed by atoms with Crippen LogP contribution in [-0.2, 0) is 11.3 Å². The van der Waals surface area contributed by atoms with Gasteiger partial charge in [0, 0.05) is 11.5 Å². The van der Waals surface area contributed by atoms with Gasteiger partial charge in [0.15, 0.2) is 5.82 Å². The van der Waals surface area contributed by atoms with Crippen molar-refractivity contribution in [2.45, 2.75) is 51.2 Å². The summed E-state index contributed by atoms with van der Waals surface area (Å²) in [7, 11) is 0. The minimum Gasteiger partial charge on any atom is -0.371 e. The maximum atomic E-state index is 5.95. The molecule has 2 rings (SSSR count). The summed E-state index contributed by atoms with van der Waals surface area (Å²) >= 11 is 0. The molecule has 1 aromatic heterocycles. The minimum atomic E-state index is -0.275. The van der Waals surface area contributed by atoms with Crippen molar-refractivity contribution < 1.29 is 9.26 Å². The fraction of sp³-hybridized carbons (Fsp3) is 0.818. The van der Waals surface area contributed by atoms with E-state index in [1.54, 1.807) is 0 Å². The van der Waals surface area contributed by atoms with Gasteiger partial charge in [-0.05, 0) is 26.2 Å². The van der Waals surface area contributed by atoms with E-state index in [0.717, 1.165) is 12.3 Å². The average molecular weight is 225 g/mol. The van der Waals surface area contributed by atoms with Crippen LogP contribution in [0, 0.1) is 0 Å². The van der Waals surface area contributed by atoms with Gasteiger partial charge >= 0.3 is 0 Å².